The van der Waals surface area contributed by atoms with Crippen LogP contribution in [0.1, 0.15) is 31.8 Å². The monoisotopic (exact) mass is 486 g/mol. The molecule has 0 atom stereocenters. The van der Waals surface area contributed by atoms with E-state index in [0.717, 1.165) is 17.2 Å². The minimum Gasteiger partial charge on any atom is -0.454 e. The van der Waals surface area contributed by atoms with Crippen molar-refractivity contribution in [1.29, 1.82) is 0 Å². The van der Waals surface area contributed by atoms with Crippen LogP contribution < -0.4 is 5.43 Å². The van der Waals surface area contributed by atoms with Crippen molar-refractivity contribution in [2.75, 3.05) is 13.2 Å². The van der Waals surface area contributed by atoms with Crippen LogP contribution in [-0.4, -0.2) is 52.4 Å². The van der Waals surface area contributed by atoms with E-state index in [9.17, 15) is 29.3 Å². The van der Waals surface area contributed by atoms with Crippen LogP contribution in [0, 0.1) is 10.1 Å². The van der Waals surface area contributed by atoms with Crippen LogP contribution in [0.15, 0.2) is 84.0 Å². The third-order valence-corrected chi connectivity index (χ3v) is 5.21. The van der Waals surface area contributed by atoms with Gasteiger partial charge < -0.3 is 4.74 Å². The molecule has 1 N–H and O–H groups in total. The number of hydrogen-bond donors (Lipinski definition) is 1. The molecule has 4 rings (SSSR count). The van der Waals surface area contributed by atoms with Crippen molar-refractivity contribution in [3.63, 3.8) is 0 Å². The smallest absolute Gasteiger partial charge is 0.326 e. The van der Waals surface area contributed by atoms with Gasteiger partial charge in [-0.3, -0.25) is 34.2 Å². The van der Waals surface area contributed by atoms with Crippen molar-refractivity contribution in [2.45, 2.75) is 0 Å². The maximum atomic E-state index is 12.5. The van der Waals surface area contributed by atoms with E-state index >= 15 is 0 Å². The molecule has 11 nitrogen and oxygen atoms in total. The lowest BCUT2D eigenvalue weighted by atomic mass is 10.0. The molecule has 0 fully saturated rings. The molecular weight excluding hydrogens is 468 g/mol. The molecule has 3 aromatic rings. The van der Waals surface area contributed by atoms with Gasteiger partial charge in [0.25, 0.3) is 23.4 Å². The van der Waals surface area contributed by atoms with Gasteiger partial charge in [0.2, 0.25) is 0 Å². The molecule has 0 spiro atoms. The molecule has 1 aliphatic heterocycles. The summed E-state index contributed by atoms with van der Waals surface area (Å²) in [7, 11) is 0. The highest BCUT2D eigenvalue weighted by Gasteiger charge is 2.41. The first-order chi connectivity index (χ1) is 17.4. The maximum Gasteiger partial charge on any atom is 0.326 e. The number of hydrazone groups is 1. The molecule has 0 bridgehead atoms. The second-order valence-corrected chi connectivity index (χ2v) is 7.54. The van der Waals surface area contributed by atoms with Crippen molar-refractivity contribution in [1.82, 2.24) is 10.3 Å². The molecule has 1 aliphatic rings. The Labute approximate surface area is 204 Å². The van der Waals surface area contributed by atoms with E-state index in [0.29, 0.717) is 10.6 Å². The fraction of sp³-hybridized carbons (Fsp3) is 0.0800. The van der Waals surface area contributed by atoms with Crippen LogP contribution in [0.2, 0.25) is 0 Å². The first-order valence-electron chi connectivity index (χ1n) is 10.6. The molecule has 3 amide bonds. The summed E-state index contributed by atoms with van der Waals surface area (Å²) in [6, 6.07) is 21.9. The van der Waals surface area contributed by atoms with E-state index in [4.69, 9.17) is 4.74 Å². The third-order valence-electron chi connectivity index (χ3n) is 5.21. The minimum atomic E-state index is -1.04. The average Bonchev–Trinajstić information content (AvgIpc) is 3.13. The molecule has 1 heterocycles. The van der Waals surface area contributed by atoms with Gasteiger partial charge in [-0.05, 0) is 6.07 Å². The summed E-state index contributed by atoms with van der Waals surface area (Å²) in [5.74, 6) is -3.63. The van der Waals surface area contributed by atoms with Crippen molar-refractivity contribution >= 4 is 35.1 Å². The summed E-state index contributed by atoms with van der Waals surface area (Å²) in [5.41, 5.74) is 3.22. The molecule has 0 radical (unpaired) electrons. The summed E-state index contributed by atoms with van der Waals surface area (Å²) in [5, 5.41) is 15.4. The van der Waals surface area contributed by atoms with Crippen LogP contribution >= 0.6 is 0 Å². The second kappa shape index (κ2) is 10.4. The van der Waals surface area contributed by atoms with Crippen molar-refractivity contribution in [3.8, 4) is 0 Å². The normalized spacial score (nSPS) is 12.1. The zero-order chi connectivity index (χ0) is 25.7. The number of hydrogen-bond acceptors (Lipinski definition) is 8. The number of nitro groups is 1. The molecule has 0 saturated carbocycles. The van der Waals surface area contributed by atoms with E-state index in [1.54, 1.807) is 0 Å². The van der Waals surface area contributed by atoms with Gasteiger partial charge in [0, 0.05) is 17.2 Å². The summed E-state index contributed by atoms with van der Waals surface area (Å²) < 4.78 is 4.88. The molecule has 36 heavy (non-hydrogen) atoms. The third kappa shape index (κ3) is 4.99. The summed E-state index contributed by atoms with van der Waals surface area (Å²) >= 11 is 0. The summed E-state index contributed by atoms with van der Waals surface area (Å²) in [6.07, 6.45) is 0. The fourth-order valence-corrected chi connectivity index (χ4v) is 3.57. The number of ether oxygens (including phenoxy) is 1. The lowest BCUT2D eigenvalue weighted by Gasteiger charge is -2.12. The summed E-state index contributed by atoms with van der Waals surface area (Å²) in [4.78, 5) is 60.5. The topological polar surface area (TPSA) is 148 Å². The molecule has 11 heteroatoms. The number of rotatable bonds is 8. The van der Waals surface area contributed by atoms with Gasteiger partial charge in [0.05, 0.1) is 16.2 Å². The molecule has 3 aromatic carbocycles. The second-order valence-electron chi connectivity index (χ2n) is 7.54. The zero-order valence-electron chi connectivity index (χ0n) is 18.6. The molecule has 180 valence electrons. The van der Waals surface area contributed by atoms with Crippen LogP contribution in [0.5, 0.6) is 0 Å². The van der Waals surface area contributed by atoms with E-state index in [2.05, 4.69) is 10.5 Å². The molecule has 0 unspecified atom stereocenters. The van der Waals surface area contributed by atoms with Crippen LogP contribution in [0.3, 0.4) is 0 Å². The Hall–Kier alpha value is -5.19. The quantitative estimate of drug-likeness (QED) is 0.169. The Morgan fingerprint density at radius 2 is 1.50 bits per heavy atom. The first kappa shape index (κ1) is 24.0. The van der Waals surface area contributed by atoms with Gasteiger partial charge in [-0.15, -0.1) is 0 Å². The van der Waals surface area contributed by atoms with Gasteiger partial charge in [-0.1, -0.05) is 66.7 Å². The van der Waals surface area contributed by atoms with Crippen molar-refractivity contribution in [2.24, 2.45) is 5.10 Å². The number of benzene rings is 3. The lowest BCUT2D eigenvalue weighted by molar-refractivity contribution is -0.385. The van der Waals surface area contributed by atoms with Gasteiger partial charge in [0.15, 0.2) is 6.61 Å². The van der Waals surface area contributed by atoms with Crippen LogP contribution in [0.25, 0.3) is 0 Å². The number of esters is 1. The van der Waals surface area contributed by atoms with E-state index < -0.39 is 47.5 Å². The van der Waals surface area contributed by atoms with Gasteiger partial charge >= 0.3 is 5.97 Å². The highest BCUT2D eigenvalue weighted by atomic mass is 16.6. The van der Waals surface area contributed by atoms with Crippen LogP contribution in [0.4, 0.5) is 5.69 Å². The number of nitrogens with one attached hydrogen (secondary N) is 1. The van der Waals surface area contributed by atoms with Crippen molar-refractivity contribution < 1.29 is 28.8 Å². The number of carbonyl (C=O) groups excluding carboxylic acids is 4. The minimum absolute atomic E-state index is 0.177. The Morgan fingerprint density at radius 3 is 2.08 bits per heavy atom. The zero-order valence-corrected chi connectivity index (χ0v) is 18.6. The molecule has 0 aliphatic carbocycles. The lowest BCUT2D eigenvalue weighted by Crippen LogP contribution is -2.37. The number of fused-ring (bicyclic) bond motifs is 1. The SMILES string of the molecule is O=C(COC(=O)CN1C(=O)c2cccc([N+](=O)[O-])c2C1=O)NN=C(c1ccccc1)c1ccccc1. The number of nitro benzene ring substituents is 1. The largest absolute Gasteiger partial charge is 0.454 e. The summed E-state index contributed by atoms with van der Waals surface area (Å²) in [6.45, 7) is -1.53. The van der Waals surface area contributed by atoms with E-state index in [1.165, 1.54) is 12.1 Å². The molecule has 0 saturated heterocycles. The van der Waals surface area contributed by atoms with Crippen molar-refractivity contribution in [3.05, 3.63) is 111 Å². The van der Waals surface area contributed by atoms with E-state index in [1.807, 2.05) is 60.7 Å². The standard InChI is InChI=1S/C25H18N4O7/c30-20(26-27-23(16-8-3-1-4-9-16)17-10-5-2-6-11-17)15-36-21(31)14-28-24(32)18-12-7-13-19(29(34)35)22(18)25(28)33/h1-13H,14-15H2,(H,26,30). The molecular formula is C25H18N4O7. The Balaban J connectivity index is 1.38. The predicted octanol–water partition coefficient (Wildman–Crippen LogP) is 2.30. The molecule has 0 aromatic heterocycles. The van der Waals surface area contributed by atoms with Gasteiger partial charge in [-0.25, -0.2) is 5.43 Å². The fourth-order valence-electron chi connectivity index (χ4n) is 3.57. The van der Waals surface area contributed by atoms with Crippen LogP contribution in [-0.2, 0) is 14.3 Å². The average molecular weight is 486 g/mol. The number of nitrogens with zero attached hydrogens (tertiary/aromatic N) is 3. The Bertz CT molecular complexity index is 1350. The Kier molecular flexibility index (Phi) is 6.91. The highest BCUT2D eigenvalue weighted by Crippen LogP contribution is 2.30. The number of carbonyl (C=O) groups is 4. The first-order valence-corrected chi connectivity index (χ1v) is 10.6. The predicted molar refractivity (Wildman–Crippen MR) is 126 cm³/mol. The number of amides is 3. The van der Waals surface area contributed by atoms with E-state index in [-0.39, 0.29) is 11.1 Å². The highest BCUT2D eigenvalue weighted by molar-refractivity contribution is 6.24. The van der Waals surface area contributed by atoms with Gasteiger partial charge in [-0.2, -0.15) is 5.10 Å². The van der Waals surface area contributed by atoms with Gasteiger partial charge in [0.1, 0.15) is 12.1 Å². The number of imide groups is 1. The maximum absolute atomic E-state index is 12.5. The Morgan fingerprint density at radius 1 is 0.889 bits per heavy atom.